The maximum Gasteiger partial charge on any atom is 0.412 e. The predicted octanol–water partition coefficient (Wildman–Crippen LogP) is 5.04. The highest BCUT2D eigenvalue weighted by Gasteiger charge is 2.32. The van der Waals surface area contributed by atoms with Crippen LogP contribution in [-0.2, 0) is 14.9 Å². The van der Waals surface area contributed by atoms with E-state index < -0.39 is 29.0 Å². The number of imide groups is 1. The average molecular weight is 511 g/mol. The standard InChI is InChI=1S/C27H34N4O6/c1-26(2,3)20-15-18(31-21(32)12-13-28-24(31)34)14-19(22(20)36-7)23(33)29-16-8-10-17(11-9-16)30-25(35)37-27(4,5)6/h8-11,14-15H,12-13H2,1-7H3,(H,28,34)(H,29,33)(H,30,35). The van der Waals surface area contributed by atoms with Gasteiger partial charge < -0.3 is 20.1 Å². The van der Waals surface area contributed by atoms with Crippen LogP contribution in [0.4, 0.5) is 26.7 Å². The van der Waals surface area contributed by atoms with Crippen LogP contribution in [0.25, 0.3) is 0 Å². The van der Waals surface area contributed by atoms with Crippen LogP contribution in [0.3, 0.4) is 0 Å². The van der Waals surface area contributed by atoms with Crippen LogP contribution >= 0.6 is 0 Å². The van der Waals surface area contributed by atoms with Gasteiger partial charge >= 0.3 is 12.1 Å². The lowest BCUT2D eigenvalue weighted by molar-refractivity contribution is -0.118. The van der Waals surface area contributed by atoms with Crippen molar-refractivity contribution in [2.24, 2.45) is 0 Å². The third-order valence-corrected chi connectivity index (χ3v) is 5.44. The molecule has 0 atom stereocenters. The molecule has 1 heterocycles. The number of urea groups is 1. The molecule has 1 aliphatic rings. The van der Waals surface area contributed by atoms with E-state index in [9.17, 15) is 19.2 Å². The van der Waals surface area contributed by atoms with Crippen molar-refractivity contribution < 1.29 is 28.7 Å². The fraction of sp³-hybridized carbons (Fsp3) is 0.407. The molecule has 0 radical (unpaired) electrons. The Hall–Kier alpha value is -4.08. The van der Waals surface area contributed by atoms with Crippen LogP contribution in [0.5, 0.6) is 5.75 Å². The largest absolute Gasteiger partial charge is 0.496 e. The Labute approximate surface area is 216 Å². The van der Waals surface area contributed by atoms with E-state index in [0.717, 1.165) is 4.90 Å². The second kappa shape index (κ2) is 10.5. The summed E-state index contributed by atoms with van der Waals surface area (Å²) in [5.41, 5.74) is 1.01. The van der Waals surface area contributed by atoms with E-state index in [4.69, 9.17) is 9.47 Å². The van der Waals surface area contributed by atoms with E-state index in [1.165, 1.54) is 13.2 Å². The third kappa shape index (κ3) is 6.78. The lowest BCUT2D eigenvalue weighted by Crippen LogP contribution is -2.50. The Morgan fingerprint density at radius 3 is 2.05 bits per heavy atom. The number of anilines is 3. The molecule has 0 unspecified atom stereocenters. The number of carbonyl (C=O) groups excluding carboxylic acids is 4. The zero-order valence-corrected chi connectivity index (χ0v) is 22.3. The first kappa shape index (κ1) is 27.5. The molecule has 10 nitrogen and oxygen atoms in total. The van der Waals surface area contributed by atoms with Crippen molar-refractivity contribution in [3.8, 4) is 5.75 Å². The molecular weight excluding hydrogens is 476 g/mol. The Bertz CT molecular complexity index is 1190. The summed E-state index contributed by atoms with van der Waals surface area (Å²) in [6.07, 6.45) is -0.426. The number of benzene rings is 2. The summed E-state index contributed by atoms with van der Waals surface area (Å²) in [5.74, 6) is -0.489. The van der Waals surface area contributed by atoms with Crippen LogP contribution in [-0.4, -0.2) is 43.2 Å². The van der Waals surface area contributed by atoms with Gasteiger partial charge in [-0.25, -0.2) is 14.5 Å². The highest BCUT2D eigenvalue weighted by molar-refractivity contribution is 6.17. The first-order valence-corrected chi connectivity index (χ1v) is 11.9. The summed E-state index contributed by atoms with van der Waals surface area (Å²) in [6, 6.07) is 9.16. The molecule has 1 fully saturated rings. The van der Waals surface area contributed by atoms with Gasteiger partial charge in [-0.2, -0.15) is 0 Å². The monoisotopic (exact) mass is 510 g/mol. The summed E-state index contributed by atoms with van der Waals surface area (Å²) >= 11 is 0. The van der Waals surface area contributed by atoms with Crippen LogP contribution in [0.2, 0.25) is 0 Å². The quantitative estimate of drug-likeness (QED) is 0.517. The molecule has 0 aromatic heterocycles. The minimum absolute atomic E-state index is 0.161. The summed E-state index contributed by atoms with van der Waals surface area (Å²) in [4.78, 5) is 51.5. The van der Waals surface area contributed by atoms with Crippen molar-refractivity contribution in [3.63, 3.8) is 0 Å². The molecule has 5 amide bonds. The number of methoxy groups -OCH3 is 1. The van der Waals surface area contributed by atoms with Crippen molar-refractivity contribution in [2.75, 3.05) is 29.2 Å². The zero-order valence-electron chi connectivity index (χ0n) is 22.3. The van der Waals surface area contributed by atoms with Crippen LogP contribution in [0, 0.1) is 0 Å². The second-order valence-electron chi connectivity index (χ2n) is 10.7. The number of hydrogen-bond donors (Lipinski definition) is 3. The van der Waals surface area contributed by atoms with Crippen molar-refractivity contribution in [1.82, 2.24) is 5.32 Å². The van der Waals surface area contributed by atoms with Gasteiger partial charge in [0.25, 0.3) is 5.91 Å². The number of hydrogen-bond acceptors (Lipinski definition) is 6. The highest BCUT2D eigenvalue weighted by atomic mass is 16.6. The molecule has 0 bridgehead atoms. The molecule has 1 aliphatic heterocycles. The molecule has 3 rings (SSSR count). The first-order chi connectivity index (χ1) is 17.2. The minimum atomic E-state index is -0.628. The summed E-state index contributed by atoms with van der Waals surface area (Å²) in [7, 11) is 1.47. The summed E-state index contributed by atoms with van der Waals surface area (Å²) in [5, 5.41) is 8.11. The van der Waals surface area contributed by atoms with E-state index in [2.05, 4.69) is 16.0 Å². The van der Waals surface area contributed by atoms with Crippen molar-refractivity contribution in [2.45, 2.75) is 59.0 Å². The van der Waals surface area contributed by atoms with Crippen LogP contribution in [0.1, 0.15) is 63.9 Å². The summed E-state index contributed by atoms with van der Waals surface area (Å²) in [6.45, 7) is 11.4. The number of nitrogens with one attached hydrogen (secondary N) is 3. The SMILES string of the molecule is COc1c(C(=O)Nc2ccc(NC(=O)OC(C)(C)C)cc2)cc(N2C(=O)CCNC2=O)cc1C(C)(C)C. The van der Waals surface area contributed by atoms with Gasteiger partial charge in [0.1, 0.15) is 11.4 Å². The molecule has 0 spiro atoms. The zero-order chi connectivity index (χ0) is 27.5. The molecule has 37 heavy (non-hydrogen) atoms. The van der Waals surface area contributed by atoms with E-state index >= 15 is 0 Å². The Morgan fingerprint density at radius 2 is 1.54 bits per heavy atom. The van der Waals surface area contributed by atoms with Gasteiger partial charge in [0.2, 0.25) is 5.91 Å². The summed E-state index contributed by atoms with van der Waals surface area (Å²) < 4.78 is 10.9. The maximum atomic E-state index is 13.4. The van der Waals surface area contributed by atoms with Crippen molar-refractivity contribution in [3.05, 3.63) is 47.5 Å². The van der Waals surface area contributed by atoms with Crippen molar-refractivity contribution in [1.29, 1.82) is 0 Å². The molecule has 0 saturated carbocycles. The number of rotatable bonds is 5. The van der Waals surface area contributed by atoms with Crippen molar-refractivity contribution >= 4 is 41.0 Å². The molecular formula is C27H34N4O6. The molecule has 1 saturated heterocycles. The van der Waals surface area contributed by atoms with Gasteiger partial charge in [0, 0.05) is 29.9 Å². The Morgan fingerprint density at radius 1 is 0.946 bits per heavy atom. The van der Waals surface area contributed by atoms with Gasteiger partial charge in [-0.05, 0) is 62.6 Å². The number of ether oxygens (including phenoxy) is 2. The number of carbonyl (C=O) groups is 4. The average Bonchev–Trinajstić information content (AvgIpc) is 2.77. The van der Waals surface area contributed by atoms with E-state index in [1.807, 2.05) is 20.8 Å². The second-order valence-corrected chi connectivity index (χ2v) is 10.7. The molecule has 10 heteroatoms. The third-order valence-electron chi connectivity index (χ3n) is 5.44. The highest BCUT2D eigenvalue weighted by Crippen LogP contribution is 2.38. The van der Waals surface area contributed by atoms with Gasteiger partial charge in [-0.1, -0.05) is 20.8 Å². The Kier molecular flexibility index (Phi) is 7.80. The van der Waals surface area contributed by atoms with E-state index in [1.54, 1.807) is 51.1 Å². The molecule has 198 valence electrons. The van der Waals surface area contributed by atoms with Crippen LogP contribution in [0.15, 0.2) is 36.4 Å². The smallest absolute Gasteiger partial charge is 0.412 e. The lowest BCUT2D eigenvalue weighted by atomic mass is 9.84. The maximum absolute atomic E-state index is 13.4. The van der Waals surface area contributed by atoms with Gasteiger partial charge in [-0.15, -0.1) is 0 Å². The van der Waals surface area contributed by atoms with Crippen LogP contribution < -0.4 is 25.6 Å². The molecule has 2 aromatic carbocycles. The first-order valence-electron chi connectivity index (χ1n) is 11.9. The fourth-order valence-electron chi connectivity index (χ4n) is 3.79. The fourth-order valence-corrected chi connectivity index (χ4v) is 3.79. The number of nitrogens with zero attached hydrogens (tertiary/aromatic N) is 1. The van der Waals surface area contributed by atoms with E-state index in [0.29, 0.717) is 22.7 Å². The Balaban J connectivity index is 1.91. The number of amides is 5. The minimum Gasteiger partial charge on any atom is -0.496 e. The van der Waals surface area contributed by atoms with Gasteiger partial charge in [0.05, 0.1) is 18.4 Å². The van der Waals surface area contributed by atoms with Gasteiger partial charge in [0.15, 0.2) is 0 Å². The lowest BCUT2D eigenvalue weighted by Gasteiger charge is -2.30. The van der Waals surface area contributed by atoms with E-state index in [-0.39, 0.29) is 30.1 Å². The molecule has 3 N–H and O–H groups in total. The molecule has 2 aromatic rings. The topological polar surface area (TPSA) is 126 Å². The van der Waals surface area contributed by atoms with Gasteiger partial charge in [-0.3, -0.25) is 14.9 Å². The molecule has 0 aliphatic carbocycles. The normalized spacial score (nSPS) is 14.1. The predicted molar refractivity (Wildman–Crippen MR) is 141 cm³/mol.